The van der Waals surface area contributed by atoms with Crippen LogP contribution in [0.4, 0.5) is 0 Å². The minimum absolute atomic E-state index is 0.0321. The van der Waals surface area contributed by atoms with Gasteiger partial charge in [0.05, 0.1) is 0 Å². The summed E-state index contributed by atoms with van der Waals surface area (Å²) in [7, 11) is 1.55. The van der Waals surface area contributed by atoms with Gasteiger partial charge >= 0.3 is 5.97 Å². The molecule has 1 heterocycles. The number of likely N-dealkylation sites (N-methyl/N-ethyl adjacent to an activating group) is 1. The molecule has 1 aromatic rings. The number of hydrogen-bond donors (Lipinski definition) is 0. The Bertz CT molecular complexity index is 365. The molecule has 0 aliphatic rings. The maximum absolute atomic E-state index is 11.3. The first-order valence-electron chi connectivity index (χ1n) is 4.86. The van der Waals surface area contributed by atoms with Crippen LogP contribution < -0.4 is 0 Å². The Hall–Kier alpha value is -1.91. The van der Waals surface area contributed by atoms with Gasteiger partial charge in [0.1, 0.15) is 13.2 Å². The highest BCUT2D eigenvalue weighted by molar-refractivity contribution is 5.80. The van der Waals surface area contributed by atoms with Crippen LogP contribution in [0.2, 0.25) is 0 Å². The van der Waals surface area contributed by atoms with Gasteiger partial charge in [0, 0.05) is 31.9 Å². The first-order chi connectivity index (χ1) is 7.59. The summed E-state index contributed by atoms with van der Waals surface area (Å²) < 4.78 is 4.98. The van der Waals surface area contributed by atoms with Crippen LogP contribution in [0.25, 0.3) is 0 Å². The first kappa shape index (κ1) is 12.2. The second-order valence-corrected chi connectivity index (χ2v) is 3.40. The van der Waals surface area contributed by atoms with Gasteiger partial charge in [-0.2, -0.15) is 0 Å². The Kier molecular flexibility index (Phi) is 4.44. The highest BCUT2D eigenvalue weighted by Gasteiger charge is 2.09. The number of ether oxygens (including phenoxy) is 1. The molecular formula is C11H14N2O3. The molecule has 0 fully saturated rings. The van der Waals surface area contributed by atoms with Crippen molar-refractivity contribution in [1.82, 2.24) is 9.88 Å². The van der Waals surface area contributed by atoms with Crippen molar-refractivity contribution in [3.05, 3.63) is 30.1 Å². The molecule has 0 aromatic carbocycles. The van der Waals surface area contributed by atoms with Gasteiger partial charge in [-0.3, -0.25) is 14.6 Å². The van der Waals surface area contributed by atoms with E-state index in [1.807, 2.05) is 6.07 Å². The fourth-order valence-corrected chi connectivity index (χ4v) is 0.998. The summed E-state index contributed by atoms with van der Waals surface area (Å²) in [5.41, 5.74) is 0.821. The van der Waals surface area contributed by atoms with Crippen LogP contribution in [0.5, 0.6) is 0 Å². The highest BCUT2D eigenvalue weighted by atomic mass is 16.5. The third kappa shape index (κ3) is 4.08. The largest absolute Gasteiger partial charge is 0.459 e. The molecule has 0 bridgehead atoms. The van der Waals surface area contributed by atoms with E-state index >= 15 is 0 Å². The monoisotopic (exact) mass is 222 g/mol. The fourth-order valence-electron chi connectivity index (χ4n) is 0.998. The lowest BCUT2D eigenvalue weighted by Crippen LogP contribution is -2.31. The van der Waals surface area contributed by atoms with Gasteiger partial charge < -0.3 is 9.64 Å². The summed E-state index contributed by atoms with van der Waals surface area (Å²) in [5, 5.41) is 0. The predicted octanol–water partition coefficient (Wildman–Crippen LogP) is 0.603. The molecule has 86 valence electrons. The summed E-state index contributed by atoms with van der Waals surface area (Å²) in [5.74, 6) is -0.597. The van der Waals surface area contributed by atoms with Gasteiger partial charge in [0.15, 0.2) is 0 Å². The van der Waals surface area contributed by atoms with Crippen molar-refractivity contribution < 1.29 is 14.3 Å². The second kappa shape index (κ2) is 5.85. The van der Waals surface area contributed by atoms with Gasteiger partial charge in [-0.05, 0) is 6.07 Å². The van der Waals surface area contributed by atoms with Crippen molar-refractivity contribution in [2.75, 3.05) is 13.6 Å². The average Bonchev–Trinajstić information content (AvgIpc) is 2.27. The lowest BCUT2D eigenvalue weighted by atomic mass is 10.3. The van der Waals surface area contributed by atoms with Crippen molar-refractivity contribution in [2.45, 2.75) is 13.5 Å². The molecule has 0 radical (unpaired) electrons. The second-order valence-electron chi connectivity index (χ2n) is 3.40. The number of hydrogen-bond acceptors (Lipinski definition) is 4. The van der Waals surface area contributed by atoms with Crippen LogP contribution in [0.3, 0.4) is 0 Å². The zero-order valence-electron chi connectivity index (χ0n) is 9.34. The molecule has 0 atom stereocenters. The Morgan fingerprint density at radius 2 is 2.25 bits per heavy atom. The van der Waals surface area contributed by atoms with E-state index in [2.05, 4.69) is 4.98 Å². The van der Waals surface area contributed by atoms with Gasteiger partial charge in [0.25, 0.3) is 0 Å². The van der Waals surface area contributed by atoms with Crippen LogP contribution in [0.15, 0.2) is 24.5 Å². The van der Waals surface area contributed by atoms with E-state index in [4.69, 9.17) is 4.74 Å². The summed E-state index contributed by atoms with van der Waals surface area (Å²) >= 11 is 0. The molecule has 5 nitrogen and oxygen atoms in total. The molecule has 0 aliphatic carbocycles. The van der Waals surface area contributed by atoms with Crippen LogP contribution in [0.1, 0.15) is 12.5 Å². The number of pyridine rings is 1. The third-order valence-electron chi connectivity index (χ3n) is 2.03. The molecule has 0 aliphatic heterocycles. The van der Waals surface area contributed by atoms with Crippen LogP contribution >= 0.6 is 0 Å². The summed E-state index contributed by atoms with van der Waals surface area (Å²) in [6.45, 7) is 1.54. The normalized spacial score (nSPS) is 9.62. The van der Waals surface area contributed by atoms with Crippen molar-refractivity contribution >= 4 is 11.9 Å². The van der Waals surface area contributed by atoms with Crippen molar-refractivity contribution in [3.63, 3.8) is 0 Å². The van der Waals surface area contributed by atoms with Gasteiger partial charge in [0.2, 0.25) is 5.91 Å². The fraction of sp³-hybridized carbons (Fsp3) is 0.364. The van der Waals surface area contributed by atoms with Gasteiger partial charge in [-0.1, -0.05) is 6.07 Å². The number of aromatic nitrogens is 1. The highest BCUT2D eigenvalue weighted by Crippen LogP contribution is 1.98. The van der Waals surface area contributed by atoms with E-state index in [1.165, 1.54) is 11.8 Å². The number of rotatable bonds is 4. The molecule has 0 saturated carbocycles. The number of carbonyl (C=O) groups excluding carboxylic acids is 2. The molecule has 5 heteroatoms. The molecule has 0 N–H and O–H groups in total. The summed E-state index contributed by atoms with van der Waals surface area (Å²) in [6, 6.07) is 3.58. The van der Waals surface area contributed by atoms with Crippen molar-refractivity contribution in [1.29, 1.82) is 0 Å². The number of nitrogens with zero attached hydrogens (tertiary/aromatic N) is 2. The zero-order valence-corrected chi connectivity index (χ0v) is 9.34. The molecule has 1 amide bonds. The number of carbonyl (C=O) groups is 2. The quantitative estimate of drug-likeness (QED) is 0.700. The summed E-state index contributed by atoms with van der Waals surface area (Å²) in [6.07, 6.45) is 3.27. The molecule has 1 rings (SSSR count). The smallest absolute Gasteiger partial charge is 0.325 e. The maximum Gasteiger partial charge on any atom is 0.325 e. The van der Waals surface area contributed by atoms with E-state index in [9.17, 15) is 9.59 Å². The minimum Gasteiger partial charge on any atom is -0.459 e. The van der Waals surface area contributed by atoms with E-state index in [0.717, 1.165) is 5.56 Å². The first-order valence-corrected chi connectivity index (χ1v) is 4.86. The Morgan fingerprint density at radius 3 is 2.81 bits per heavy atom. The standard InChI is InChI=1S/C11H14N2O3/c1-9(14)13(2)7-11(15)16-8-10-4-3-5-12-6-10/h3-6H,7-8H2,1-2H3. The number of amides is 1. The lowest BCUT2D eigenvalue weighted by Gasteiger charge is -2.13. The van der Waals surface area contributed by atoms with E-state index in [1.54, 1.807) is 25.5 Å². The minimum atomic E-state index is -0.429. The number of esters is 1. The van der Waals surface area contributed by atoms with E-state index in [0.29, 0.717) is 0 Å². The molecule has 1 aromatic heterocycles. The van der Waals surface area contributed by atoms with Crippen LogP contribution in [-0.4, -0.2) is 35.4 Å². The Morgan fingerprint density at radius 1 is 1.50 bits per heavy atom. The van der Waals surface area contributed by atoms with E-state index < -0.39 is 5.97 Å². The maximum atomic E-state index is 11.3. The third-order valence-corrected chi connectivity index (χ3v) is 2.03. The van der Waals surface area contributed by atoms with E-state index in [-0.39, 0.29) is 19.1 Å². The van der Waals surface area contributed by atoms with Gasteiger partial charge in [-0.15, -0.1) is 0 Å². The Balaban J connectivity index is 2.33. The summed E-state index contributed by atoms with van der Waals surface area (Å²) in [4.78, 5) is 27.3. The average molecular weight is 222 g/mol. The van der Waals surface area contributed by atoms with Crippen LogP contribution in [0, 0.1) is 0 Å². The predicted molar refractivity (Wildman–Crippen MR) is 57.3 cm³/mol. The SMILES string of the molecule is CC(=O)N(C)CC(=O)OCc1cccnc1. The molecular weight excluding hydrogens is 208 g/mol. The van der Waals surface area contributed by atoms with Crippen molar-refractivity contribution in [3.8, 4) is 0 Å². The van der Waals surface area contributed by atoms with Crippen molar-refractivity contribution in [2.24, 2.45) is 0 Å². The molecule has 0 unspecified atom stereocenters. The lowest BCUT2D eigenvalue weighted by molar-refractivity contribution is -0.149. The van der Waals surface area contributed by atoms with Gasteiger partial charge in [-0.25, -0.2) is 0 Å². The Labute approximate surface area is 94.0 Å². The topological polar surface area (TPSA) is 59.5 Å². The van der Waals surface area contributed by atoms with Crippen LogP contribution in [-0.2, 0) is 20.9 Å². The molecule has 0 saturated heterocycles. The molecule has 0 spiro atoms. The molecule has 16 heavy (non-hydrogen) atoms. The zero-order chi connectivity index (χ0) is 12.0.